The first kappa shape index (κ1) is 25.7. The van der Waals surface area contributed by atoms with E-state index in [-0.39, 0.29) is 24.1 Å². The third-order valence-corrected chi connectivity index (χ3v) is 5.73. The Morgan fingerprint density at radius 1 is 1.26 bits per heavy atom. The zero-order valence-electron chi connectivity index (χ0n) is 18.9. The summed E-state index contributed by atoms with van der Waals surface area (Å²) in [5.41, 5.74) is -0.174. The molecular formula is C22H31Cl2NO6. The van der Waals surface area contributed by atoms with Gasteiger partial charge in [0.2, 0.25) is 0 Å². The van der Waals surface area contributed by atoms with Crippen molar-refractivity contribution in [3.63, 3.8) is 0 Å². The molecule has 1 amide bonds. The number of hydrogen-bond donors (Lipinski definition) is 0. The van der Waals surface area contributed by atoms with Crippen molar-refractivity contribution >= 4 is 35.1 Å². The number of amides is 1. The maximum Gasteiger partial charge on any atom is 0.410 e. The van der Waals surface area contributed by atoms with Crippen LogP contribution in [0, 0.1) is 5.92 Å². The molecule has 2 rings (SSSR count). The number of Topliss-reactive ketones (excluding diaryl/α,β-unsaturated/α-hetero) is 1. The fourth-order valence-corrected chi connectivity index (χ4v) is 4.06. The Kier molecular flexibility index (Phi) is 9.01. The molecule has 3 atom stereocenters. The molecule has 7 nitrogen and oxygen atoms in total. The Morgan fingerprint density at radius 2 is 1.94 bits per heavy atom. The molecule has 1 aliphatic rings. The van der Waals surface area contributed by atoms with Crippen molar-refractivity contribution in [3.05, 3.63) is 27.7 Å². The molecule has 1 heterocycles. The minimum Gasteiger partial charge on any atom is -0.467 e. The summed E-state index contributed by atoms with van der Waals surface area (Å²) in [5, 5.41) is 0.586. The van der Waals surface area contributed by atoms with Crippen LogP contribution >= 0.6 is 23.2 Å². The first-order valence-electron chi connectivity index (χ1n) is 10.2. The van der Waals surface area contributed by atoms with Crippen LogP contribution in [0.1, 0.15) is 52.6 Å². The van der Waals surface area contributed by atoms with Crippen LogP contribution < -0.4 is 4.74 Å². The Labute approximate surface area is 193 Å². The lowest BCUT2D eigenvalue weighted by molar-refractivity contribution is -0.132. The highest BCUT2D eigenvalue weighted by Crippen LogP contribution is 2.46. The monoisotopic (exact) mass is 475 g/mol. The standard InChI is InChI=1S/C22H31Cl2NO6/c1-7-29-13(2)20(26)14-10-16(25(11-14)21(27)31-22(3,4)5)18-17(30-12-28-6)9-8-15(23)19(18)24/h8-9,13-14,16H,7,10-12H2,1-6H3/t13-,14-,16-/m1/s1. The smallest absolute Gasteiger partial charge is 0.410 e. The van der Waals surface area contributed by atoms with Gasteiger partial charge < -0.3 is 23.8 Å². The number of carbonyl (C=O) groups excluding carboxylic acids is 2. The topological polar surface area (TPSA) is 74.3 Å². The van der Waals surface area contributed by atoms with E-state index in [0.29, 0.717) is 29.4 Å². The van der Waals surface area contributed by atoms with Crippen LogP contribution in [0.2, 0.25) is 10.0 Å². The van der Waals surface area contributed by atoms with Gasteiger partial charge in [-0.05, 0) is 53.2 Å². The summed E-state index contributed by atoms with van der Waals surface area (Å²) in [7, 11) is 1.50. The fraction of sp³-hybridized carbons (Fsp3) is 0.636. The van der Waals surface area contributed by atoms with E-state index in [0.717, 1.165) is 0 Å². The van der Waals surface area contributed by atoms with E-state index >= 15 is 0 Å². The lowest BCUT2D eigenvalue weighted by Gasteiger charge is -2.30. The Hall–Kier alpha value is -1.54. The number of likely N-dealkylation sites (tertiary alicyclic amines) is 1. The van der Waals surface area contributed by atoms with Gasteiger partial charge in [0, 0.05) is 31.7 Å². The number of halogens is 2. The van der Waals surface area contributed by atoms with Crippen molar-refractivity contribution in [2.75, 3.05) is 27.1 Å². The van der Waals surface area contributed by atoms with Crippen molar-refractivity contribution in [1.29, 1.82) is 0 Å². The molecule has 0 N–H and O–H groups in total. The number of carbonyl (C=O) groups is 2. The summed E-state index contributed by atoms with van der Waals surface area (Å²) in [6, 6.07) is 2.73. The minimum absolute atomic E-state index is 0.00610. The third kappa shape index (κ3) is 6.48. The SMILES string of the molecule is CCO[C@H](C)C(=O)[C@@H]1C[C@H](c2c(OCOC)ccc(Cl)c2Cl)N(C(=O)OC(C)(C)C)C1. The highest BCUT2D eigenvalue weighted by atomic mass is 35.5. The second kappa shape index (κ2) is 10.9. The zero-order chi connectivity index (χ0) is 23.3. The number of ketones is 1. The maximum atomic E-state index is 13.0. The van der Waals surface area contributed by atoms with E-state index in [4.69, 9.17) is 42.1 Å². The summed E-state index contributed by atoms with van der Waals surface area (Å²) in [6.07, 6.45) is -0.766. The fourth-order valence-electron chi connectivity index (χ4n) is 3.61. The lowest BCUT2D eigenvalue weighted by atomic mass is 9.94. The van der Waals surface area contributed by atoms with Gasteiger partial charge in [0.1, 0.15) is 17.5 Å². The molecule has 0 spiro atoms. The Morgan fingerprint density at radius 3 is 2.52 bits per heavy atom. The van der Waals surface area contributed by atoms with Crippen LogP contribution in [0.15, 0.2) is 12.1 Å². The molecule has 0 bridgehead atoms. The number of hydrogen-bond acceptors (Lipinski definition) is 6. The number of methoxy groups -OCH3 is 1. The van der Waals surface area contributed by atoms with Gasteiger partial charge in [-0.3, -0.25) is 4.79 Å². The van der Waals surface area contributed by atoms with Crippen molar-refractivity contribution in [2.45, 2.75) is 58.8 Å². The molecule has 1 fully saturated rings. The van der Waals surface area contributed by atoms with Gasteiger partial charge in [0.15, 0.2) is 12.6 Å². The summed E-state index contributed by atoms with van der Waals surface area (Å²) in [4.78, 5) is 27.5. The molecule has 1 aromatic rings. The molecule has 9 heteroatoms. The van der Waals surface area contributed by atoms with E-state index in [1.54, 1.807) is 39.8 Å². The van der Waals surface area contributed by atoms with Crippen LogP contribution in [0.5, 0.6) is 5.75 Å². The van der Waals surface area contributed by atoms with E-state index in [9.17, 15) is 9.59 Å². The summed E-state index contributed by atoms with van der Waals surface area (Å²) in [6.45, 7) is 9.51. The zero-order valence-corrected chi connectivity index (χ0v) is 20.4. The molecule has 174 valence electrons. The highest BCUT2D eigenvalue weighted by molar-refractivity contribution is 6.42. The van der Waals surface area contributed by atoms with Crippen molar-refractivity contribution in [1.82, 2.24) is 4.90 Å². The third-order valence-electron chi connectivity index (χ3n) is 4.91. The average Bonchev–Trinajstić information content (AvgIpc) is 3.12. The Bertz CT molecular complexity index is 795. The Balaban J connectivity index is 2.47. The number of benzene rings is 1. The molecule has 0 saturated carbocycles. The molecule has 31 heavy (non-hydrogen) atoms. The maximum absolute atomic E-state index is 13.0. The molecular weight excluding hydrogens is 445 g/mol. The summed E-state index contributed by atoms with van der Waals surface area (Å²) in [5.74, 6) is -0.0828. The van der Waals surface area contributed by atoms with Crippen LogP contribution in [-0.2, 0) is 19.0 Å². The molecule has 0 unspecified atom stereocenters. The molecule has 1 aromatic carbocycles. The molecule has 0 aliphatic carbocycles. The van der Waals surface area contributed by atoms with E-state index in [2.05, 4.69) is 0 Å². The normalized spacial score (nSPS) is 19.9. The van der Waals surface area contributed by atoms with E-state index in [1.807, 2.05) is 6.92 Å². The summed E-state index contributed by atoms with van der Waals surface area (Å²) < 4.78 is 21.8. The van der Waals surface area contributed by atoms with Crippen LogP contribution in [-0.4, -0.2) is 55.5 Å². The summed E-state index contributed by atoms with van der Waals surface area (Å²) >= 11 is 12.8. The van der Waals surface area contributed by atoms with E-state index < -0.39 is 29.8 Å². The van der Waals surface area contributed by atoms with Gasteiger partial charge in [-0.2, -0.15) is 0 Å². The highest BCUT2D eigenvalue weighted by Gasteiger charge is 2.44. The molecule has 1 saturated heterocycles. The van der Waals surface area contributed by atoms with E-state index in [1.165, 1.54) is 12.0 Å². The van der Waals surface area contributed by atoms with Crippen LogP contribution in [0.25, 0.3) is 0 Å². The van der Waals surface area contributed by atoms with Gasteiger partial charge in [-0.15, -0.1) is 0 Å². The lowest BCUT2D eigenvalue weighted by Crippen LogP contribution is -2.38. The second-order valence-corrected chi connectivity index (χ2v) is 9.19. The largest absolute Gasteiger partial charge is 0.467 e. The first-order chi connectivity index (χ1) is 14.5. The number of rotatable bonds is 8. The van der Waals surface area contributed by atoms with Gasteiger partial charge in [-0.25, -0.2) is 4.79 Å². The van der Waals surface area contributed by atoms with Gasteiger partial charge >= 0.3 is 6.09 Å². The molecule has 1 aliphatic heterocycles. The second-order valence-electron chi connectivity index (χ2n) is 8.41. The van der Waals surface area contributed by atoms with Crippen LogP contribution in [0.4, 0.5) is 4.79 Å². The molecule has 0 radical (unpaired) electrons. The van der Waals surface area contributed by atoms with Gasteiger partial charge in [0.05, 0.1) is 16.1 Å². The quantitative estimate of drug-likeness (QED) is 0.476. The van der Waals surface area contributed by atoms with Crippen molar-refractivity contribution in [2.24, 2.45) is 5.92 Å². The molecule has 0 aromatic heterocycles. The minimum atomic E-state index is -0.699. The number of nitrogens with zero attached hydrogens (tertiary/aromatic N) is 1. The van der Waals surface area contributed by atoms with Crippen molar-refractivity contribution in [3.8, 4) is 5.75 Å². The average molecular weight is 476 g/mol. The predicted octanol–water partition coefficient (Wildman–Crippen LogP) is 5.27. The predicted molar refractivity (Wildman–Crippen MR) is 119 cm³/mol. The van der Waals surface area contributed by atoms with Crippen molar-refractivity contribution < 1.29 is 28.5 Å². The number of ether oxygens (including phenoxy) is 4. The van der Waals surface area contributed by atoms with Gasteiger partial charge in [0.25, 0.3) is 0 Å². The van der Waals surface area contributed by atoms with Crippen LogP contribution in [0.3, 0.4) is 0 Å². The first-order valence-corrected chi connectivity index (χ1v) is 11.0. The van der Waals surface area contributed by atoms with Gasteiger partial charge in [-0.1, -0.05) is 23.2 Å².